The van der Waals surface area contributed by atoms with Crippen LogP contribution in [0.1, 0.15) is 47.4 Å². The number of aromatic nitrogens is 1. The number of hydrogen-bond donors (Lipinski definition) is 1. The Morgan fingerprint density at radius 1 is 1.02 bits per heavy atom. The molecular weight excluding hydrogens is 506 g/mol. The molecule has 0 bridgehead atoms. The van der Waals surface area contributed by atoms with Crippen LogP contribution in [0, 0.1) is 5.92 Å². The summed E-state index contributed by atoms with van der Waals surface area (Å²) in [6.07, 6.45) is 2.65. The minimum absolute atomic E-state index is 0.0392. The first-order valence-electron chi connectivity index (χ1n) is 13.7. The van der Waals surface area contributed by atoms with Gasteiger partial charge < -0.3 is 20.0 Å². The molecule has 0 saturated carbocycles. The van der Waals surface area contributed by atoms with Gasteiger partial charge in [-0.2, -0.15) is 0 Å². The predicted octanol–water partition coefficient (Wildman–Crippen LogP) is 3.14. The van der Waals surface area contributed by atoms with Gasteiger partial charge in [-0.25, -0.2) is 0 Å². The van der Waals surface area contributed by atoms with Gasteiger partial charge in [-0.05, 0) is 67.3 Å². The van der Waals surface area contributed by atoms with Crippen LogP contribution in [-0.2, 0) is 9.59 Å². The minimum Gasteiger partial charge on any atom is -0.378 e. The van der Waals surface area contributed by atoms with Crippen LogP contribution in [-0.4, -0.2) is 83.6 Å². The molecule has 9 heteroatoms. The molecule has 2 aromatic carbocycles. The molecule has 1 aromatic heterocycles. The first kappa shape index (κ1) is 27.3. The first-order chi connectivity index (χ1) is 19.1. The van der Waals surface area contributed by atoms with E-state index in [0.29, 0.717) is 30.5 Å². The largest absolute Gasteiger partial charge is 0.378 e. The molecule has 3 aromatic rings. The van der Waals surface area contributed by atoms with Crippen molar-refractivity contribution in [2.75, 3.05) is 32.1 Å². The molecule has 2 aliphatic heterocycles. The van der Waals surface area contributed by atoms with Gasteiger partial charge in [-0.15, -0.1) is 0 Å². The fraction of sp³-hybridized carbons (Fsp3) is 0.387. The van der Waals surface area contributed by atoms with Crippen molar-refractivity contribution in [3.63, 3.8) is 0 Å². The van der Waals surface area contributed by atoms with E-state index < -0.39 is 12.1 Å². The van der Waals surface area contributed by atoms with Crippen LogP contribution >= 0.6 is 0 Å². The van der Waals surface area contributed by atoms with E-state index in [2.05, 4.69) is 10.3 Å². The third-order valence-corrected chi connectivity index (χ3v) is 7.77. The Hall–Kier alpha value is -4.27. The van der Waals surface area contributed by atoms with E-state index >= 15 is 0 Å². The van der Waals surface area contributed by atoms with Crippen LogP contribution in [0.3, 0.4) is 0 Å². The highest BCUT2D eigenvalue weighted by atomic mass is 16.2. The highest BCUT2D eigenvalue weighted by Crippen LogP contribution is 2.32. The van der Waals surface area contributed by atoms with E-state index in [9.17, 15) is 19.2 Å². The number of fused-ring (bicyclic) bond motifs is 2. The first-order valence-corrected chi connectivity index (χ1v) is 13.7. The van der Waals surface area contributed by atoms with E-state index in [4.69, 9.17) is 0 Å². The van der Waals surface area contributed by atoms with Gasteiger partial charge in [-0.1, -0.05) is 19.9 Å². The molecule has 40 heavy (non-hydrogen) atoms. The van der Waals surface area contributed by atoms with Gasteiger partial charge in [-0.3, -0.25) is 24.2 Å². The van der Waals surface area contributed by atoms with Crippen molar-refractivity contribution < 1.29 is 19.2 Å². The Morgan fingerprint density at radius 2 is 1.75 bits per heavy atom. The number of benzene rings is 2. The fourth-order valence-electron chi connectivity index (χ4n) is 5.76. The van der Waals surface area contributed by atoms with Crippen molar-refractivity contribution in [3.05, 3.63) is 71.9 Å². The zero-order valence-corrected chi connectivity index (χ0v) is 23.3. The molecule has 9 nitrogen and oxygen atoms in total. The topological polar surface area (TPSA) is 103 Å². The van der Waals surface area contributed by atoms with E-state index in [-0.39, 0.29) is 42.0 Å². The molecule has 5 rings (SSSR count). The van der Waals surface area contributed by atoms with Crippen LogP contribution < -0.4 is 10.2 Å². The molecule has 0 radical (unpaired) electrons. The number of nitrogens with one attached hydrogen (secondary N) is 1. The summed E-state index contributed by atoms with van der Waals surface area (Å²) in [7, 11) is 3.85. The van der Waals surface area contributed by atoms with Crippen molar-refractivity contribution in [1.82, 2.24) is 20.1 Å². The molecule has 2 fully saturated rings. The maximum Gasteiger partial charge on any atom is 0.254 e. The molecule has 2 aliphatic rings. The predicted molar refractivity (Wildman–Crippen MR) is 153 cm³/mol. The summed E-state index contributed by atoms with van der Waals surface area (Å²) in [5.41, 5.74) is 2.71. The summed E-state index contributed by atoms with van der Waals surface area (Å²) in [4.78, 5) is 63.0. The highest BCUT2D eigenvalue weighted by molar-refractivity contribution is 6.04. The molecule has 2 saturated heterocycles. The lowest BCUT2D eigenvalue weighted by Crippen LogP contribution is -2.53. The van der Waals surface area contributed by atoms with Crippen LogP contribution in [0.15, 0.2) is 60.8 Å². The Kier molecular flexibility index (Phi) is 7.56. The number of amides is 3. The Morgan fingerprint density at radius 3 is 2.45 bits per heavy atom. The second-order valence-electron chi connectivity index (χ2n) is 11.2. The number of anilines is 1. The molecule has 208 valence electrons. The number of nitrogens with zero attached hydrogens (tertiary/aromatic N) is 4. The van der Waals surface area contributed by atoms with Crippen LogP contribution in [0.25, 0.3) is 10.9 Å². The molecule has 3 amide bonds. The second kappa shape index (κ2) is 11.1. The number of Topliss-reactive ketones (excluding diaryl/α,β-unsaturated/α-hetero) is 1. The quantitative estimate of drug-likeness (QED) is 0.493. The molecule has 1 N–H and O–H groups in total. The third kappa shape index (κ3) is 5.28. The maximum absolute atomic E-state index is 13.8. The van der Waals surface area contributed by atoms with Gasteiger partial charge in [0.2, 0.25) is 5.91 Å². The second-order valence-corrected chi connectivity index (χ2v) is 11.2. The molecule has 0 spiro atoms. The smallest absolute Gasteiger partial charge is 0.254 e. The van der Waals surface area contributed by atoms with Crippen molar-refractivity contribution in [3.8, 4) is 0 Å². The van der Waals surface area contributed by atoms with E-state index in [1.807, 2.05) is 57.1 Å². The zero-order chi connectivity index (χ0) is 28.6. The van der Waals surface area contributed by atoms with Gasteiger partial charge >= 0.3 is 0 Å². The number of likely N-dealkylation sites (tertiary alicyclic amines) is 2. The summed E-state index contributed by atoms with van der Waals surface area (Å²) in [5.74, 6) is -0.850. The Bertz CT molecular complexity index is 1450. The van der Waals surface area contributed by atoms with Gasteiger partial charge in [0, 0.05) is 49.0 Å². The average Bonchev–Trinajstić information content (AvgIpc) is 3.52. The number of rotatable bonds is 7. The number of carbonyl (C=O) groups excluding carboxylic acids is 4. The highest BCUT2D eigenvalue weighted by Gasteiger charge is 2.52. The monoisotopic (exact) mass is 541 g/mol. The van der Waals surface area contributed by atoms with Gasteiger partial charge in [0.15, 0.2) is 5.78 Å². The normalized spacial score (nSPS) is 19.2. The van der Waals surface area contributed by atoms with Crippen molar-refractivity contribution in [2.24, 2.45) is 5.92 Å². The zero-order valence-electron chi connectivity index (χ0n) is 23.3. The van der Waals surface area contributed by atoms with Crippen LogP contribution in [0.2, 0.25) is 0 Å². The molecular formula is C31H35N5O4. The molecule has 3 atom stereocenters. The summed E-state index contributed by atoms with van der Waals surface area (Å²) < 4.78 is 0. The molecule has 3 heterocycles. The minimum atomic E-state index is -0.773. The van der Waals surface area contributed by atoms with Gasteiger partial charge in [0.1, 0.15) is 12.1 Å². The lowest BCUT2D eigenvalue weighted by atomic mass is 10.0. The van der Waals surface area contributed by atoms with Crippen molar-refractivity contribution in [1.29, 1.82) is 0 Å². The number of ketones is 1. The fourth-order valence-corrected chi connectivity index (χ4v) is 5.76. The summed E-state index contributed by atoms with van der Waals surface area (Å²) in [5, 5.41) is 3.77. The SMILES string of the molecule is CC(C)C[C@H](NC(=O)c1ccc(N(C)C)cc1)C(=O)N1CC[C@@H]2[C@H]1C(=O)CN2C(=O)c1ccc2ncccc2c1. The standard InChI is InChI=1S/C31H35N5O4/c1-19(2)16-25(33-29(38)20-7-10-23(11-8-20)34(3)4)31(40)35-15-13-26-28(35)27(37)18-36(26)30(39)22-9-12-24-21(17-22)6-5-14-32-24/h5-12,14,17,19,25-26,28H,13,15-16,18H2,1-4H3,(H,33,38)/t25-,26+,28-/m0/s1. The van der Waals surface area contributed by atoms with Crippen molar-refractivity contribution in [2.45, 2.75) is 44.8 Å². The number of hydrogen-bond acceptors (Lipinski definition) is 6. The summed E-state index contributed by atoms with van der Waals surface area (Å²) in [6.45, 7) is 4.30. The van der Waals surface area contributed by atoms with Crippen LogP contribution in [0.5, 0.6) is 0 Å². The third-order valence-electron chi connectivity index (χ3n) is 7.77. The average molecular weight is 542 g/mol. The van der Waals surface area contributed by atoms with E-state index in [1.54, 1.807) is 46.3 Å². The maximum atomic E-state index is 13.8. The van der Waals surface area contributed by atoms with E-state index in [1.165, 1.54) is 0 Å². The Balaban J connectivity index is 1.32. The Labute approximate surface area is 234 Å². The van der Waals surface area contributed by atoms with Crippen molar-refractivity contribution >= 4 is 40.1 Å². The van der Waals surface area contributed by atoms with Gasteiger partial charge in [0.05, 0.1) is 18.1 Å². The lowest BCUT2D eigenvalue weighted by Gasteiger charge is -2.29. The molecule has 0 unspecified atom stereocenters. The number of carbonyl (C=O) groups is 4. The number of pyridine rings is 1. The van der Waals surface area contributed by atoms with Gasteiger partial charge in [0.25, 0.3) is 11.8 Å². The summed E-state index contributed by atoms with van der Waals surface area (Å²) >= 11 is 0. The lowest BCUT2D eigenvalue weighted by molar-refractivity contribution is -0.138. The summed E-state index contributed by atoms with van der Waals surface area (Å²) in [6, 6.07) is 14.4. The van der Waals surface area contributed by atoms with Crippen LogP contribution in [0.4, 0.5) is 5.69 Å². The van der Waals surface area contributed by atoms with E-state index in [0.717, 1.165) is 16.6 Å². The molecule has 0 aliphatic carbocycles.